The number of carboxylic acids is 1. The summed E-state index contributed by atoms with van der Waals surface area (Å²) in [5, 5.41) is 8.66. The highest BCUT2D eigenvalue weighted by molar-refractivity contribution is 5.87. The first-order chi connectivity index (χ1) is 6.70. The molecule has 0 aliphatic heterocycles. The van der Waals surface area contributed by atoms with Crippen LogP contribution in [-0.4, -0.2) is 33.1 Å². The highest BCUT2D eigenvalue weighted by atomic mass is 16.5. The van der Waals surface area contributed by atoms with Crippen LogP contribution in [0.25, 0.3) is 11.2 Å². The van der Waals surface area contributed by atoms with Crippen LogP contribution in [0.15, 0.2) is 12.1 Å². The fourth-order valence-electron chi connectivity index (χ4n) is 1.09. The van der Waals surface area contributed by atoms with Gasteiger partial charge >= 0.3 is 5.97 Å². The summed E-state index contributed by atoms with van der Waals surface area (Å²) in [5.74, 6) is -0.830. The topological polar surface area (TPSA) is 88.1 Å². The second kappa shape index (κ2) is 2.99. The molecule has 2 aromatic rings. The van der Waals surface area contributed by atoms with E-state index in [2.05, 4.69) is 15.0 Å². The summed E-state index contributed by atoms with van der Waals surface area (Å²) < 4.78 is 4.88. The number of hydrogen-bond acceptors (Lipinski definition) is 4. The van der Waals surface area contributed by atoms with Crippen molar-refractivity contribution in [3.8, 4) is 5.88 Å². The zero-order valence-electron chi connectivity index (χ0n) is 7.31. The van der Waals surface area contributed by atoms with Crippen molar-refractivity contribution in [2.24, 2.45) is 0 Å². The first-order valence-corrected chi connectivity index (χ1v) is 3.85. The standard InChI is InChI=1S/C8H7N3O3/c1-14-5-3-2-4-6(10-5)11-7(9-4)8(12)13/h2-3H,1H3,(H,12,13)(H,9,10,11). The van der Waals surface area contributed by atoms with Gasteiger partial charge in [0, 0.05) is 6.07 Å². The monoisotopic (exact) mass is 193 g/mol. The summed E-state index contributed by atoms with van der Waals surface area (Å²) in [6.07, 6.45) is 0. The summed E-state index contributed by atoms with van der Waals surface area (Å²) >= 11 is 0. The number of imidazole rings is 1. The van der Waals surface area contributed by atoms with Crippen LogP contribution in [0.5, 0.6) is 5.88 Å². The summed E-state index contributed by atoms with van der Waals surface area (Å²) in [7, 11) is 1.49. The maximum Gasteiger partial charge on any atom is 0.371 e. The molecule has 0 amide bonds. The highest BCUT2D eigenvalue weighted by Crippen LogP contribution is 2.13. The van der Waals surface area contributed by atoms with Crippen LogP contribution in [0.2, 0.25) is 0 Å². The average Bonchev–Trinajstić information content (AvgIpc) is 2.59. The first-order valence-electron chi connectivity index (χ1n) is 3.85. The predicted molar refractivity (Wildman–Crippen MR) is 47.4 cm³/mol. The first kappa shape index (κ1) is 8.49. The number of aromatic carboxylic acids is 1. The molecule has 0 aliphatic rings. The molecule has 0 atom stereocenters. The van der Waals surface area contributed by atoms with Crippen LogP contribution in [0, 0.1) is 0 Å². The number of methoxy groups -OCH3 is 1. The van der Waals surface area contributed by atoms with E-state index in [9.17, 15) is 4.79 Å². The Labute approximate surface area is 78.6 Å². The smallest absolute Gasteiger partial charge is 0.371 e. The van der Waals surface area contributed by atoms with Gasteiger partial charge in [0.25, 0.3) is 0 Å². The van der Waals surface area contributed by atoms with Crippen LogP contribution in [0.3, 0.4) is 0 Å². The zero-order valence-corrected chi connectivity index (χ0v) is 7.31. The molecule has 6 nitrogen and oxygen atoms in total. The number of aromatic amines is 1. The highest BCUT2D eigenvalue weighted by Gasteiger charge is 2.10. The number of H-pyrrole nitrogens is 1. The maximum absolute atomic E-state index is 10.6. The fraction of sp³-hybridized carbons (Fsp3) is 0.125. The SMILES string of the molecule is COc1ccc2[nH]c(C(=O)O)nc2n1. The molecule has 0 saturated heterocycles. The van der Waals surface area contributed by atoms with Gasteiger partial charge in [-0.2, -0.15) is 4.98 Å². The molecule has 0 unspecified atom stereocenters. The van der Waals surface area contributed by atoms with Gasteiger partial charge in [-0.3, -0.25) is 0 Å². The predicted octanol–water partition coefficient (Wildman–Crippen LogP) is 0.665. The van der Waals surface area contributed by atoms with Gasteiger partial charge in [0.05, 0.1) is 12.6 Å². The molecule has 2 aromatic heterocycles. The van der Waals surface area contributed by atoms with E-state index in [0.717, 1.165) is 0 Å². The Hall–Kier alpha value is -2.11. The molecule has 0 saturated carbocycles. The van der Waals surface area contributed by atoms with Gasteiger partial charge in [-0.15, -0.1) is 0 Å². The van der Waals surface area contributed by atoms with Crippen molar-refractivity contribution in [1.29, 1.82) is 0 Å². The number of aromatic nitrogens is 3. The molecule has 0 spiro atoms. The van der Waals surface area contributed by atoms with Crippen molar-refractivity contribution in [3.63, 3.8) is 0 Å². The number of ether oxygens (including phenoxy) is 1. The number of carbonyl (C=O) groups is 1. The van der Waals surface area contributed by atoms with E-state index in [4.69, 9.17) is 9.84 Å². The van der Waals surface area contributed by atoms with E-state index in [1.54, 1.807) is 12.1 Å². The van der Waals surface area contributed by atoms with Gasteiger partial charge in [-0.25, -0.2) is 9.78 Å². The third-order valence-corrected chi connectivity index (χ3v) is 1.73. The summed E-state index contributed by atoms with van der Waals surface area (Å²) in [5.41, 5.74) is 0.907. The lowest BCUT2D eigenvalue weighted by molar-refractivity contribution is 0.0685. The number of fused-ring (bicyclic) bond motifs is 1. The molecular formula is C8H7N3O3. The van der Waals surface area contributed by atoms with Gasteiger partial charge < -0.3 is 14.8 Å². The lowest BCUT2D eigenvalue weighted by Gasteiger charge is -1.95. The minimum atomic E-state index is -1.11. The van der Waals surface area contributed by atoms with E-state index in [1.165, 1.54) is 7.11 Å². The Morgan fingerprint density at radius 3 is 2.93 bits per heavy atom. The van der Waals surface area contributed by atoms with Gasteiger partial charge in [0.2, 0.25) is 11.7 Å². The van der Waals surface area contributed by atoms with Crippen molar-refractivity contribution in [3.05, 3.63) is 18.0 Å². The minimum absolute atomic E-state index is 0.124. The number of rotatable bonds is 2. The van der Waals surface area contributed by atoms with Crippen LogP contribution in [-0.2, 0) is 0 Å². The number of nitrogens with one attached hydrogen (secondary N) is 1. The molecule has 2 heterocycles. The minimum Gasteiger partial charge on any atom is -0.481 e. The van der Waals surface area contributed by atoms with E-state index < -0.39 is 5.97 Å². The van der Waals surface area contributed by atoms with E-state index in [-0.39, 0.29) is 5.82 Å². The third-order valence-electron chi connectivity index (χ3n) is 1.73. The Morgan fingerprint density at radius 2 is 2.29 bits per heavy atom. The lowest BCUT2D eigenvalue weighted by Crippen LogP contribution is -1.97. The number of nitrogens with zero attached hydrogens (tertiary/aromatic N) is 2. The van der Waals surface area contributed by atoms with Crippen LogP contribution >= 0.6 is 0 Å². The molecule has 2 rings (SSSR count). The van der Waals surface area contributed by atoms with E-state index >= 15 is 0 Å². The number of carboxylic acid groups (broad SMARTS) is 1. The van der Waals surface area contributed by atoms with Crippen LogP contribution in [0.1, 0.15) is 10.6 Å². The second-order valence-electron chi connectivity index (χ2n) is 2.62. The molecule has 6 heteroatoms. The van der Waals surface area contributed by atoms with E-state index in [1.807, 2.05) is 0 Å². The average molecular weight is 193 g/mol. The summed E-state index contributed by atoms with van der Waals surface area (Å²) in [6.45, 7) is 0. The number of pyridine rings is 1. The molecule has 14 heavy (non-hydrogen) atoms. The zero-order chi connectivity index (χ0) is 10.1. The fourth-order valence-corrected chi connectivity index (χ4v) is 1.09. The molecule has 72 valence electrons. The van der Waals surface area contributed by atoms with Crippen molar-refractivity contribution >= 4 is 17.1 Å². The Kier molecular flexibility index (Phi) is 1.81. The maximum atomic E-state index is 10.6. The van der Waals surface area contributed by atoms with Crippen LogP contribution < -0.4 is 4.74 Å². The van der Waals surface area contributed by atoms with Crippen molar-refractivity contribution in [2.75, 3.05) is 7.11 Å². The Morgan fingerprint density at radius 1 is 1.50 bits per heavy atom. The van der Waals surface area contributed by atoms with Crippen molar-refractivity contribution in [1.82, 2.24) is 15.0 Å². The van der Waals surface area contributed by atoms with E-state index in [0.29, 0.717) is 17.0 Å². The Bertz CT molecular complexity index is 492. The number of hydrogen-bond donors (Lipinski definition) is 2. The van der Waals surface area contributed by atoms with Crippen LogP contribution in [0.4, 0.5) is 0 Å². The quantitative estimate of drug-likeness (QED) is 0.731. The molecular weight excluding hydrogens is 186 g/mol. The van der Waals surface area contributed by atoms with Crippen molar-refractivity contribution < 1.29 is 14.6 Å². The lowest BCUT2D eigenvalue weighted by atomic mass is 10.4. The molecule has 0 radical (unpaired) electrons. The van der Waals surface area contributed by atoms with Crippen molar-refractivity contribution in [2.45, 2.75) is 0 Å². The molecule has 0 bridgehead atoms. The molecule has 0 aromatic carbocycles. The normalized spacial score (nSPS) is 10.4. The Balaban J connectivity index is 2.60. The van der Waals surface area contributed by atoms with Gasteiger partial charge in [0.15, 0.2) is 5.65 Å². The second-order valence-corrected chi connectivity index (χ2v) is 2.62. The largest absolute Gasteiger partial charge is 0.481 e. The third kappa shape index (κ3) is 1.26. The summed E-state index contributed by atoms with van der Waals surface area (Å²) in [4.78, 5) is 20.9. The summed E-state index contributed by atoms with van der Waals surface area (Å²) in [6, 6.07) is 3.30. The van der Waals surface area contributed by atoms with Gasteiger partial charge in [-0.05, 0) is 6.07 Å². The molecule has 2 N–H and O–H groups in total. The van der Waals surface area contributed by atoms with Gasteiger partial charge in [-0.1, -0.05) is 0 Å². The molecule has 0 fully saturated rings. The molecule has 0 aliphatic carbocycles. The van der Waals surface area contributed by atoms with Gasteiger partial charge in [0.1, 0.15) is 0 Å².